The number of aliphatic hydroxyl groups excluding tert-OH is 2. The molecule has 0 saturated carbocycles. The Labute approximate surface area is 289 Å². The van der Waals surface area contributed by atoms with Gasteiger partial charge in [-0.05, 0) is 68.9 Å². The smallest absolute Gasteiger partial charge is 0.239 e. The van der Waals surface area contributed by atoms with Crippen LogP contribution in [-0.2, 0) is 29.0 Å². The number of para-hydroxylation sites is 1. The SMILES string of the molecule is Cc1c(CN2CCN(C[C@@H](O)C[C@@H](Cc3ccccc3)C(=O)N[C@H]3c4ccccc4C[C@H]3O)[C@H](C(=O)NC(C)(C)C)C2)oc2ccccc12. The summed E-state index contributed by atoms with van der Waals surface area (Å²) < 4.78 is 6.21. The number of fused-ring (bicyclic) bond motifs is 2. The van der Waals surface area contributed by atoms with E-state index in [9.17, 15) is 19.8 Å². The minimum atomic E-state index is -0.852. The summed E-state index contributed by atoms with van der Waals surface area (Å²) in [5, 5.41) is 29.8. The molecule has 2 heterocycles. The highest BCUT2D eigenvalue weighted by molar-refractivity contribution is 5.83. The van der Waals surface area contributed by atoms with Gasteiger partial charge in [-0.15, -0.1) is 0 Å². The molecule has 5 atom stereocenters. The van der Waals surface area contributed by atoms with Crippen LogP contribution in [-0.4, -0.2) is 81.8 Å². The first kappa shape index (κ1) is 34.8. The number of rotatable bonds is 11. The van der Waals surface area contributed by atoms with E-state index in [4.69, 9.17) is 4.42 Å². The molecule has 0 radical (unpaired) electrons. The molecule has 4 N–H and O–H groups in total. The molecule has 1 aromatic heterocycles. The van der Waals surface area contributed by atoms with E-state index in [1.165, 1.54) is 0 Å². The van der Waals surface area contributed by atoms with Gasteiger partial charge in [-0.3, -0.25) is 19.4 Å². The highest BCUT2D eigenvalue weighted by atomic mass is 16.3. The van der Waals surface area contributed by atoms with Gasteiger partial charge in [0.25, 0.3) is 0 Å². The predicted octanol–water partition coefficient (Wildman–Crippen LogP) is 4.53. The zero-order chi connectivity index (χ0) is 34.7. The third-order valence-corrected chi connectivity index (χ3v) is 9.89. The summed E-state index contributed by atoms with van der Waals surface area (Å²) in [6.07, 6.45) is -0.392. The summed E-state index contributed by atoms with van der Waals surface area (Å²) in [6, 6.07) is 24.7. The summed E-state index contributed by atoms with van der Waals surface area (Å²) in [7, 11) is 0. The van der Waals surface area contributed by atoms with Gasteiger partial charge in [0.2, 0.25) is 11.8 Å². The summed E-state index contributed by atoms with van der Waals surface area (Å²) in [4.78, 5) is 31.9. The fraction of sp³-hybridized carbons (Fsp3) is 0.450. The van der Waals surface area contributed by atoms with E-state index in [0.717, 1.165) is 39.0 Å². The monoisotopic (exact) mass is 666 g/mol. The third kappa shape index (κ3) is 8.41. The van der Waals surface area contributed by atoms with E-state index in [2.05, 4.69) is 33.4 Å². The van der Waals surface area contributed by atoms with Crippen LogP contribution in [0, 0.1) is 12.8 Å². The van der Waals surface area contributed by atoms with Crippen LogP contribution in [0.1, 0.15) is 61.2 Å². The van der Waals surface area contributed by atoms with Crippen molar-refractivity contribution in [2.24, 2.45) is 5.92 Å². The molecule has 1 aliphatic carbocycles. The molecule has 1 fully saturated rings. The number of nitrogens with zero attached hydrogens (tertiary/aromatic N) is 2. The molecule has 3 aromatic carbocycles. The van der Waals surface area contributed by atoms with E-state index in [0.29, 0.717) is 39.0 Å². The molecule has 1 saturated heterocycles. The number of aliphatic hydroxyl groups is 2. The first-order valence-corrected chi connectivity index (χ1v) is 17.5. The van der Waals surface area contributed by atoms with Crippen molar-refractivity contribution in [2.75, 3.05) is 26.2 Å². The highest BCUT2D eigenvalue weighted by Gasteiger charge is 2.37. The first-order valence-electron chi connectivity index (χ1n) is 17.5. The van der Waals surface area contributed by atoms with Crippen molar-refractivity contribution in [1.29, 1.82) is 0 Å². The van der Waals surface area contributed by atoms with Crippen LogP contribution in [0.15, 0.2) is 83.3 Å². The topological polar surface area (TPSA) is 118 Å². The molecule has 1 aliphatic heterocycles. The number of nitrogens with one attached hydrogen (secondary N) is 2. The molecule has 2 amide bonds. The normalized spacial score (nSPS) is 21.3. The van der Waals surface area contributed by atoms with Crippen molar-refractivity contribution in [1.82, 2.24) is 20.4 Å². The van der Waals surface area contributed by atoms with Gasteiger partial charge in [-0.2, -0.15) is 0 Å². The van der Waals surface area contributed by atoms with E-state index in [-0.39, 0.29) is 24.8 Å². The summed E-state index contributed by atoms with van der Waals surface area (Å²) in [5.74, 6) is 0.0842. The van der Waals surface area contributed by atoms with E-state index >= 15 is 0 Å². The Balaban J connectivity index is 1.16. The maximum atomic E-state index is 13.9. The minimum Gasteiger partial charge on any atom is -0.459 e. The molecule has 9 heteroatoms. The Morgan fingerprint density at radius 1 is 0.980 bits per heavy atom. The van der Waals surface area contributed by atoms with Crippen molar-refractivity contribution in [2.45, 2.75) is 83.3 Å². The van der Waals surface area contributed by atoms with Crippen molar-refractivity contribution in [3.05, 3.63) is 107 Å². The molecular formula is C40H50N4O5. The molecule has 9 nitrogen and oxygen atoms in total. The van der Waals surface area contributed by atoms with Gasteiger partial charge in [0.1, 0.15) is 17.4 Å². The Hall–Kier alpha value is -4.02. The Morgan fingerprint density at radius 3 is 2.45 bits per heavy atom. The largest absolute Gasteiger partial charge is 0.459 e. The Morgan fingerprint density at radius 2 is 1.69 bits per heavy atom. The molecule has 0 bridgehead atoms. The Bertz CT molecular complexity index is 1750. The second-order valence-corrected chi connectivity index (χ2v) is 14.9. The van der Waals surface area contributed by atoms with Crippen LogP contribution in [0.3, 0.4) is 0 Å². The summed E-state index contributed by atoms with van der Waals surface area (Å²) in [6.45, 7) is 10.6. The zero-order valence-electron chi connectivity index (χ0n) is 29.1. The van der Waals surface area contributed by atoms with E-state index in [1.807, 2.05) is 93.6 Å². The number of hydrogen-bond acceptors (Lipinski definition) is 7. The van der Waals surface area contributed by atoms with Crippen molar-refractivity contribution in [3.63, 3.8) is 0 Å². The quantitative estimate of drug-likeness (QED) is 0.186. The maximum absolute atomic E-state index is 13.9. The van der Waals surface area contributed by atoms with Gasteiger partial charge in [0.05, 0.1) is 24.8 Å². The van der Waals surface area contributed by atoms with E-state index < -0.39 is 35.7 Å². The third-order valence-electron chi connectivity index (χ3n) is 9.89. The fourth-order valence-electron chi connectivity index (χ4n) is 7.39. The molecule has 0 unspecified atom stereocenters. The average Bonchev–Trinajstić information content (AvgIpc) is 3.55. The maximum Gasteiger partial charge on any atom is 0.239 e. The molecule has 260 valence electrons. The van der Waals surface area contributed by atoms with Crippen molar-refractivity contribution in [3.8, 4) is 0 Å². The second-order valence-electron chi connectivity index (χ2n) is 14.9. The van der Waals surface area contributed by atoms with Gasteiger partial charge in [0, 0.05) is 49.4 Å². The Kier molecular flexibility index (Phi) is 10.6. The van der Waals surface area contributed by atoms with Gasteiger partial charge in [-0.1, -0.05) is 72.8 Å². The van der Waals surface area contributed by atoms with Crippen LogP contribution in [0.2, 0.25) is 0 Å². The predicted molar refractivity (Wildman–Crippen MR) is 191 cm³/mol. The number of piperazine rings is 1. The number of hydrogen-bond donors (Lipinski definition) is 4. The first-order chi connectivity index (χ1) is 23.4. The van der Waals surface area contributed by atoms with Gasteiger partial charge < -0.3 is 25.3 Å². The molecule has 2 aliphatic rings. The van der Waals surface area contributed by atoms with Crippen LogP contribution in [0.4, 0.5) is 0 Å². The van der Waals surface area contributed by atoms with E-state index in [1.54, 1.807) is 0 Å². The zero-order valence-corrected chi connectivity index (χ0v) is 29.1. The number of amides is 2. The molecule has 4 aromatic rings. The highest BCUT2D eigenvalue weighted by Crippen LogP contribution is 2.32. The molecular weight excluding hydrogens is 616 g/mol. The fourth-order valence-corrected chi connectivity index (χ4v) is 7.39. The summed E-state index contributed by atoms with van der Waals surface area (Å²) in [5.41, 5.74) is 4.53. The molecule has 0 spiro atoms. The minimum absolute atomic E-state index is 0.0850. The lowest BCUT2D eigenvalue weighted by Crippen LogP contribution is -2.61. The lowest BCUT2D eigenvalue weighted by molar-refractivity contribution is -0.132. The van der Waals surface area contributed by atoms with Crippen molar-refractivity contribution < 1.29 is 24.2 Å². The second kappa shape index (κ2) is 14.8. The molecule has 6 rings (SSSR count). The standard InChI is InChI=1S/C40H50N4O5/c1-26-31-15-10-11-17-35(31)49-36(26)25-43-18-19-44(33(24-43)39(48)42-40(2,3)4)23-30(45)21-29(20-27-12-6-5-7-13-27)38(47)41-37-32-16-9-8-14-28(32)22-34(37)46/h5-17,29-30,33-34,37,45-46H,18-25H2,1-4H3,(H,41,47)(H,42,48)/t29-,30+,33+,34-,37+/m1/s1. The van der Waals surface area contributed by atoms with Crippen LogP contribution >= 0.6 is 0 Å². The van der Waals surface area contributed by atoms with Crippen LogP contribution < -0.4 is 10.6 Å². The van der Waals surface area contributed by atoms with Gasteiger partial charge in [0.15, 0.2) is 0 Å². The summed E-state index contributed by atoms with van der Waals surface area (Å²) >= 11 is 0. The lowest BCUT2D eigenvalue weighted by Gasteiger charge is -2.42. The van der Waals surface area contributed by atoms with Crippen LogP contribution in [0.25, 0.3) is 11.0 Å². The lowest BCUT2D eigenvalue weighted by atomic mass is 9.91. The van der Waals surface area contributed by atoms with Gasteiger partial charge in [-0.25, -0.2) is 0 Å². The molecule has 49 heavy (non-hydrogen) atoms. The number of aryl methyl sites for hydroxylation is 1. The number of β-amino-alcohol motifs (C(OH)–C–C–N with tert-alkyl or cyclic N) is 1. The number of carbonyl (C=O) groups is 2. The number of furan rings is 1. The van der Waals surface area contributed by atoms with Crippen LogP contribution in [0.5, 0.6) is 0 Å². The van der Waals surface area contributed by atoms with Crippen molar-refractivity contribution >= 4 is 22.8 Å². The number of carbonyl (C=O) groups excluding carboxylic acids is 2. The number of benzene rings is 3. The average molecular weight is 667 g/mol. The van der Waals surface area contributed by atoms with Gasteiger partial charge >= 0.3 is 0 Å².